The van der Waals surface area contributed by atoms with Crippen molar-refractivity contribution in [3.8, 4) is 17.0 Å². The van der Waals surface area contributed by atoms with Gasteiger partial charge in [-0.25, -0.2) is 9.97 Å². The van der Waals surface area contributed by atoms with E-state index in [1.54, 1.807) is 12.3 Å². The summed E-state index contributed by atoms with van der Waals surface area (Å²) in [5.74, 6) is 0.738. The minimum Gasteiger partial charge on any atom is -0.486 e. The van der Waals surface area contributed by atoms with Crippen molar-refractivity contribution in [2.24, 2.45) is 0 Å². The molecular formula is C20H18ClN3O3S. The Labute approximate surface area is 171 Å². The van der Waals surface area contributed by atoms with Crippen LogP contribution in [0.15, 0.2) is 46.3 Å². The molecule has 8 heteroatoms. The van der Waals surface area contributed by atoms with Crippen LogP contribution in [0, 0.1) is 6.92 Å². The van der Waals surface area contributed by atoms with Gasteiger partial charge >= 0.3 is 0 Å². The average molecular weight is 416 g/mol. The third kappa shape index (κ3) is 3.72. The number of nitrogens with zero attached hydrogens (tertiary/aromatic N) is 2. The highest BCUT2D eigenvalue weighted by Gasteiger charge is 2.27. The van der Waals surface area contributed by atoms with Gasteiger partial charge in [-0.05, 0) is 37.4 Å². The maximum Gasteiger partial charge on any atom is 0.287 e. The summed E-state index contributed by atoms with van der Waals surface area (Å²) in [6, 6.07) is 7.50. The molecule has 144 valence electrons. The second-order valence-electron chi connectivity index (χ2n) is 6.46. The van der Waals surface area contributed by atoms with Gasteiger partial charge in [0.25, 0.3) is 5.91 Å². The number of carbonyl (C=O) groups excluding carboxylic acids is 1. The number of thioether (sulfide) groups is 1. The van der Waals surface area contributed by atoms with Gasteiger partial charge in [0.1, 0.15) is 11.9 Å². The predicted octanol–water partition coefficient (Wildman–Crippen LogP) is 4.15. The van der Waals surface area contributed by atoms with Crippen molar-refractivity contribution >= 4 is 29.3 Å². The SMILES string of the molecule is CSc1nccc(-c2cc(Cl)c3c(c2)CC(CNC(=O)c2occc2C)O3)n1. The van der Waals surface area contributed by atoms with Crippen molar-refractivity contribution in [1.82, 2.24) is 15.3 Å². The summed E-state index contributed by atoms with van der Waals surface area (Å²) in [7, 11) is 0. The summed E-state index contributed by atoms with van der Waals surface area (Å²) in [5, 5.41) is 4.10. The van der Waals surface area contributed by atoms with E-state index in [9.17, 15) is 4.79 Å². The second kappa shape index (κ2) is 7.85. The van der Waals surface area contributed by atoms with Crippen LogP contribution in [0.5, 0.6) is 5.75 Å². The first-order chi connectivity index (χ1) is 13.5. The fourth-order valence-electron chi connectivity index (χ4n) is 3.14. The molecule has 1 aromatic carbocycles. The summed E-state index contributed by atoms with van der Waals surface area (Å²) < 4.78 is 11.2. The molecule has 1 atom stereocenters. The highest BCUT2D eigenvalue weighted by Crippen LogP contribution is 2.39. The molecule has 3 aromatic rings. The molecule has 4 rings (SSSR count). The molecule has 0 saturated heterocycles. The number of amides is 1. The molecule has 3 heterocycles. The predicted molar refractivity (Wildman–Crippen MR) is 108 cm³/mol. The molecule has 0 bridgehead atoms. The molecule has 0 spiro atoms. The van der Waals surface area contributed by atoms with E-state index in [4.69, 9.17) is 20.8 Å². The lowest BCUT2D eigenvalue weighted by Gasteiger charge is -2.12. The van der Waals surface area contributed by atoms with Crippen LogP contribution in [0.1, 0.15) is 21.7 Å². The Hall–Kier alpha value is -2.51. The Morgan fingerprint density at radius 1 is 1.39 bits per heavy atom. The van der Waals surface area contributed by atoms with Crippen LogP contribution in [0.25, 0.3) is 11.3 Å². The van der Waals surface area contributed by atoms with Crippen LogP contribution in [0.3, 0.4) is 0 Å². The van der Waals surface area contributed by atoms with E-state index in [0.29, 0.717) is 34.7 Å². The van der Waals surface area contributed by atoms with E-state index < -0.39 is 0 Å². The van der Waals surface area contributed by atoms with Crippen molar-refractivity contribution in [2.75, 3.05) is 12.8 Å². The van der Waals surface area contributed by atoms with Gasteiger partial charge in [-0.1, -0.05) is 23.4 Å². The van der Waals surface area contributed by atoms with Gasteiger partial charge in [0.2, 0.25) is 0 Å². The first kappa shape index (κ1) is 18.8. The third-order valence-electron chi connectivity index (χ3n) is 4.52. The number of halogens is 1. The van der Waals surface area contributed by atoms with Crippen LogP contribution < -0.4 is 10.1 Å². The highest BCUT2D eigenvalue weighted by atomic mass is 35.5. The Morgan fingerprint density at radius 2 is 2.25 bits per heavy atom. The van der Waals surface area contributed by atoms with E-state index in [1.807, 2.05) is 31.4 Å². The Morgan fingerprint density at radius 3 is 3.00 bits per heavy atom. The van der Waals surface area contributed by atoms with Crippen molar-refractivity contribution < 1.29 is 13.9 Å². The minimum atomic E-state index is -0.251. The fraction of sp³-hybridized carbons (Fsp3) is 0.250. The van der Waals surface area contributed by atoms with Crippen LogP contribution in [0.4, 0.5) is 0 Å². The lowest BCUT2D eigenvalue weighted by molar-refractivity contribution is 0.0905. The first-order valence-corrected chi connectivity index (χ1v) is 10.3. The van der Waals surface area contributed by atoms with Gasteiger partial charge in [0, 0.05) is 29.3 Å². The van der Waals surface area contributed by atoms with E-state index in [2.05, 4.69) is 15.3 Å². The number of ether oxygens (including phenoxy) is 1. The van der Waals surface area contributed by atoms with Crippen LogP contribution in [0.2, 0.25) is 5.02 Å². The molecule has 1 amide bonds. The maximum atomic E-state index is 12.2. The van der Waals surface area contributed by atoms with E-state index in [1.165, 1.54) is 18.0 Å². The maximum absolute atomic E-state index is 12.2. The van der Waals surface area contributed by atoms with Crippen molar-refractivity contribution in [1.29, 1.82) is 0 Å². The molecule has 28 heavy (non-hydrogen) atoms. The van der Waals surface area contributed by atoms with Gasteiger partial charge in [-0.2, -0.15) is 0 Å². The molecule has 1 unspecified atom stereocenters. The van der Waals surface area contributed by atoms with Gasteiger partial charge in [-0.3, -0.25) is 4.79 Å². The zero-order valence-electron chi connectivity index (χ0n) is 15.4. The number of hydrogen-bond donors (Lipinski definition) is 1. The lowest BCUT2D eigenvalue weighted by atomic mass is 10.0. The molecule has 6 nitrogen and oxygen atoms in total. The number of hydrogen-bond acceptors (Lipinski definition) is 6. The van der Waals surface area contributed by atoms with E-state index in [-0.39, 0.29) is 12.0 Å². The second-order valence-corrected chi connectivity index (χ2v) is 7.64. The number of aryl methyl sites for hydroxylation is 1. The van der Waals surface area contributed by atoms with E-state index >= 15 is 0 Å². The lowest BCUT2D eigenvalue weighted by Crippen LogP contribution is -2.34. The molecule has 1 N–H and O–H groups in total. The van der Waals surface area contributed by atoms with Crippen molar-refractivity contribution in [2.45, 2.75) is 24.6 Å². The fourth-order valence-corrected chi connectivity index (χ4v) is 3.78. The van der Waals surface area contributed by atoms with Crippen LogP contribution in [-0.2, 0) is 6.42 Å². The first-order valence-electron chi connectivity index (χ1n) is 8.74. The van der Waals surface area contributed by atoms with Crippen molar-refractivity contribution in [3.05, 3.63) is 58.6 Å². The monoisotopic (exact) mass is 415 g/mol. The molecule has 2 aromatic heterocycles. The molecule has 1 aliphatic rings. The normalized spacial score (nSPS) is 15.2. The largest absolute Gasteiger partial charge is 0.486 e. The molecule has 0 aliphatic carbocycles. The molecule has 0 radical (unpaired) electrons. The third-order valence-corrected chi connectivity index (χ3v) is 5.37. The number of rotatable bonds is 5. The average Bonchev–Trinajstić information content (AvgIpc) is 3.32. The van der Waals surface area contributed by atoms with Gasteiger partial charge in [0.15, 0.2) is 10.9 Å². The smallest absolute Gasteiger partial charge is 0.287 e. The standard InChI is InChI=1S/C20H18ClN3O3S/c1-11-4-6-26-17(11)19(25)23-10-14-8-13-7-12(9-15(21)18(13)27-14)16-3-5-22-20(24-16)28-2/h3-7,9,14H,8,10H2,1-2H3,(H,23,25). The summed E-state index contributed by atoms with van der Waals surface area (Å²) in [6.45, 7) is 2.20. The summed E-state index contributed by atoms with van der Waals surface area (Å²) in [4.78, 5) is 21.0. The van der Waals surface area contributed by atoms with E-state index in [0.717, 1.165) is 22.4 Å². The topological polar surface area (TPSA) is 77.2 Å². The van der Waals surface area contributed by atoms with Gasteiger partial charge in [-0.15, -0.1) is 0 Å². The Kier molecular flexibility index (Phi) is 5.28. The summed E-state index contributed by atoms with van der Waals surface area (Å²) >= 11 is 7.94. The molecule has 1 aliphatic heterocycles. The summed E-state index contributed by atoms with van der Waals surface area (Å²) in [6.07, 6.45) is 5.64. The molecule has 0 saturated carbocycles. The number of benzene rings is 1. The Balaban J connectivity index is 1.48. The van der Waals surface area contributed by atoms with Crippen LogP contribution >= 0.6 is 23.4 Å². The quantitative estimate of drug-likeness (QED) is 0.498. The number of carbonyl (C=O) groups is 1. The molecular weight excluding hydrogens is 398 g/mol. The van der Waals surface area contributed by atoms with Gasteiger partial charge < -0.3 is 14.5 Å². The van der Waals surface area contributed by atoms with Gasteiger partial charge in [0.05, 0.1) is 23.5 Å². The number of fused-ring (bicyclic) bond motifs is 1. The molecule has 0 fully saturated rings. The number of furan rings is 1. The summed E-state index contributed by atoms with van der Waals surface area (Å²) in [5.41, 5.74) is 3.53. The van der Waals surface area contributed by atoms with Crippen molar-refractivity contribution in [3.63, 3.8) is 0 Å². The zero-order chi connectivity index (χ0) is 19.7. The number of aromatic nitrogens is 2. The highest BCUT2D eigenvalue weighted by molar-refractivity contribution is 7.98. The Bertz CT molecular complexity index is 1040. The number of nitrogens with one attached hydrogen (secondary N) is 1. The minimum absolute atomic E-state index is 0.186. The van der Waals surface area contributed by atoms with Crippen LogP contribution in [-0.4, -0.2) is 34.8 Å². The zero-order valence-corrected chi connectivity index (χ0v) is 16.9.